The van der Waals surface area contributed by atoms with Crippen molar-refractivity contribution < 1.29 is 9.47 Å². The van der Waals surface area contributed by atoms with E-state index in [2.05, 4.69) is 70.3 Å². The van der Waals surface area contributed by atoms with Gasteiger partial charge in [-0.2, -0.15) is 11.8 Å². The molecule has 3 heterocycles. The van der Waals surface area contributed by atoms with Crippen LogP contribution >= 0.6 is 11.8 Å². The molecule has 5 heteroatoms. The standard InChI is InChI=1S/C24H34N2O2S/c1-2-11-26(12-3-1)21-24(9-17-27-18-10-24)22-5-7-23(8-6-22)28-16-4-13-25-14-19-29-20-15-25/h1-3,5-8,11H,4,9-10,12-21H2. The number of benzene rings is 1. The molecule has 2 saturated heterocycles. The molecule has 4 rings (SSSR count). The van der Waals surface area contributed by atoms with Crippen LogP contribution in [0.25, 0.3) is 0 Å². The maximum atomic E-state index is 6.04. The Bertz CT molecular complexity index is 677. The van der Waals surface area contributed by atoms with Crippen molar-refractivity contribution in [2.75, 3.05) is 64.1 Å². The summed E-state index contributed by atoms with van der Waals surface area (Å²) in [4.78, 5) is 4.98. The summed E-state index contributed by atoms with van der Waals surface area (Å²) in [6.45, 7) is 8.15. The van der Waals surface area contributed by atoms with Gasteiger partial charge < -0.3 is 19.3 Å². The Balaban J connectivity index is 1.31. The molecule has 1 aromatic rings. The van der Waals surface area contributed by atoms with E-state index in [0.29, 0.717) is 0 Å². The van der Waals surface area contributed by atoms with E-state index in [0.717, 1.165) is 64.5 Å². The highest BCUT2D eigenvalue weighted by molar-refractivity contribution is 7.99. The van der Waals surface area contributed by atoms with Gasteiger partial charge in [0.25, 0.3) is 0 Å². The average molecular weight is 415 g/mol. The number of nitrogens with zero attached hydrogens (tertiary/aromatic N) is 2. The molecule has 4 nitrogen and oxygen atoms in total. The second-order valence-corrected chi connectivity index (χ2v) is 9.50. The summed E-state index contributed by atoms with van der Waals surface area (Å²) in [7, 11) is 0. The second-order valence-electron chi connectivity index (χ2n) is 8.27. The highest BCUT2D eigenvalue weighted by Crippen LogP contribution is 2.37. The van der Waals surface area contributed by atoms with E-state index in [1.165, 1.54) is 30.2 Å². The van der Waals surface area contributed by atoms with Crippen LogP contribution in [0.2, 0.25) is 0 Å². The van der Waals surface area contributed by atoms with E-state index >= 15 is 0 Å². The average Bonchev–Trinajstić information content (AvgIpc) is 2.79. The van der Waals surface area contributed by atoms with Crippen LogP contribution in [0.5, 0.6) is 5.75 Å². The third-order valence-electron chi connectivity index (χ3n) is 6.30. The van der Waals surface area contributed by atoms with E-state index in [1.54, 1.807) is 0 Å². The van der Waals surface area contributed by atoms with Crippen LogP contribution in [-0.4, -0.2) is 73.8 Å². The largest absolute Gasteiger partial charge is 0.494 e. The molecule has 0 amide bonds. The van der Waals surface area contributed by atoms with Crippen molar-refractivity contribution >= 4 is 11.8 Å². The first-order valence-corrected chi connectivity index (χ1v) is 12.2. The normalized spacial score (nSPS) is 22.0. The third-order valence-corrected chi connectivity index (χ3v) is 7.24. The molecular weight excluding hydrogens is 380 g/mol. The van der Waals surface area contributed by atoms with Crippen molar-refractivity contribution in [1.29, 1.82) is 0 Å². The van der Waals surface area contributed by atoms with Crippen molar-refractivity contribution in [1.82, 2.24) is 9.80 Å². The van der Waals surface area contributed by atoms with Crippen molar-refractivity contribution in [3.8, 4) is 5.75 Å². The zero-order valence-electron chi connectivity index (χ0n) is 17.4. The zero-order chi connectivity index (χ0) is 19.8. The minimum atomic E-state index is 0.165. The highest BCUT2D eigenvalue weighted by Gasteiger charge is 2.35. The first kappa shape index (κ1) is 20.8. The quantitative estimate of drug-likeness (QED) is 0.600. The summed E-state index contributed by atoms with van der Waals surface area (Å²) < 4.78 is 11.7. The topological polar surface area (TPSA) is 24.9 Å². The molecule has 0 bridgehead atoms. The fourth-order valence-electron chi connectivity index (χ4n) is 4.52. The van der Waals surface area contributed by atoms with Crippen LogP contribution < -0.4 is 4.74 Å². The molecular formula is C24H34N2O2S. The smallest absolute Gasteiger partial charge is 0.119 e. The molecule has 0 saturated carbocycles. The summed E-state index contributed by atoms with van der Waals surface area (Å²) in [5.41, 5.74) is 1.58. The van der Waals surface area contributed by atoms with Gasteiger partial charge in [0.2, 0.25) is 0 Å². The Hall–Kier alpha value is -1.43. The predicted molar refractivity (Wildman–Crippen MR) is 122 cm³/mol. The van der Waals surface area contributed by atoms with Crippen LogP contribution in [0.15, 0.2) is 48.7 Å². The Labute approximate surface area is 179 Å². The predicted octanol–water partition coefficient (Wildman–Crippen LogP) is 3.94. The Morgan fingerprint density at radius 2 is 1.83 bits per heavy atom. The van der Waals surface area contributed by atoms with Gasteiger partial charge in [-0.15, -0.1) is 0 Å². The number of allylic oxidation sites excluding steroid dienone is 2. The van der Waals surface area contributed by atoms with Crippen molar-refractivity contribution in [2.45, 2.75) is 24.7 Å². The molecule has 0 unspecified atom stereocenters. The first-order valence-electron chi connectivity index (χ1n) is 11.0. The van der Waals surface area contributed by atoms with Gasteiger partial charge in [-0.3, -0.25) is 0 Å². The van der Waals surface area contributed by atoms with Gasteiger partial charge in [0.1, 0.15) is 5.75 Å². The molecule has 2 fully saturated rings. The van der Waals surface area contributed by atoms with Gasteiger partial charge in [0, 0.05) is 62.9 Å². The lowest BCUT2D eigenvalue weighted by Crippen LogP contribution is -2.43. The molecule has 0 spiro atoms. The van der Waals surface area contributed by atoms with Crippen molar-refractivity contribution in [3.63, 3.8) is 0 Å². The molecule has 3 aliphatic rings. The molecule has 3 aliphatic heterocycles. The lowest BCUT2D eigenvalue weighted by atomic mass is 9.73. The summed E-state index contributed by atoms with van der Waals surface area (Å²) >= 11 is 2.07. The third kappa shape index (κ3) is 5.80. The van der Waals surface area contributed by atoms with Gasteiger partial charge in [0.15, 0.2) is 0 Å². The van der Waals surface area contributed by atoms with E-state index < -0.39 is 0 Å². The monoisotopic (exact) mass is 414 g/mol. The molecule has 158 valence electrons. The molecule has 1 aromatic carbocycles. The number of hydrogen-bond acceptors (Lipinski definition) is 5. The Morgan fingerprint density at radius 3 is 2.55 bits per heavy atom. The van der Waals surface area contributed by atoms with Crippen LogP contribution in [0.4, 0.5) is 0 Å². The Morgan fingerprint density at radius 1 is 1.03 bits per heavy atom. The van der Waals surface area contributed by atoms with Gasteiger partial charge in [-0.05, 0) is 49.2 Å². The highest BCUT2D eigenvalue weighted by atomic mass is 32.2. The minimum absolute atomic E-state index is 0.165. The molecule has 0 aromatic heterocycles. The van der Waals surface area contributed by atoms with E-state index in [4.69, 9.17) is 9.47 Å². The summed E-state index contributed by atoms with van der Waals surface area (Å²) in [5, 5.41) is 0. The number of thioether (sulfide) groups is 1. The van der Waals surface area contributed by atoms with Crippen LogP contribution in [0.3, 0.4) is 0 Å². The van der Waals surface area contributed by atoms with Crippen LogP contribution in [-0.2, 0) is 10.2 Å². The van der Waals surface area contributed by atoms with Gasteiger partial charge in [0.05, 0.1) is 6.61 Å². The van der Waals surface area contributed by atoms with E-state index in [-0.39, 0.29) is 5.41 Å². The second kappa shape index (κ2) is 10.6. The van der Waals surface area contributed by atoms with Crippen molar-refractivity contribution in [3.05, 3.63) is 54.3 Å². The zero-order valence-corrected chi connectivity index (χ0v) is 18.2. The van der Waals surface area contributed by atoms with Gasteiger partial charge in [-0.1, -0.05) is 24.3 Å². The lowest BCUT2D eigenvalue weighted by molar-refractivity contribution is 0.0406. The maximum Gasteiger partial charge on any atom is 0.119 e. The summed E-state index contributed by atoms with van der Waals surface area (Å²) in [6.07, 6.45) is 12.0. The summed E-state index contributed by atoms with van der Waals surface area (Å²) in [6, 6.07) is 8.89. The van der Waals surface area contributed by atoms with E-state index in [9.17, 15) is 0 Å². The lowest BCUT2D eigenvalue weighted by Gasteiger charge is -2.41. The number of rotatable bonds is 8. The SMILES string of the molecule is C1=CCN(CC2(c3ccc(OCCCN4CCSCC4)cc3)CCOCC2)C=C1. The molecule has 29 heavy (non-hydrogen) atoms. The van der Waals surface area contributed by atoms with Crippen molar-refractivity contribution in [2.24, 2.45) is 0 Å². The fourth-order valence-corrected chi connectivity index (χ4v) is 5.50. The first-order chi connectivity index (χ1) is 14.3. The molecule has 0 aliphatic carbocycles. The van der Waals surface area contributed by atoms with Crippen LogP contribution in [0, 0.1) is 0 Å². The molecule has 0 radical (unpaired) electrons. The molecule has 0 N–H and O–H groups in total. The number of ether oxygens (including phenoxy) is 2. The van der Waals surface area contributed by atoms with E-state index in [1.807, 2.05) is 0 Å². The summed E-state index contributed by atoms with van der Waals surface area (Å²) in [5.74, 6) is 3.54. The van der Waals surface area contributed by atoms with Gasteiger partial charge >= 0.3 is 0 Å². The van der Waals surface area contributed by atoms with Crippen LogP contribution in [0.1, 0.15) is 24.8 Å². The fraction of sp³-hybridized carbons (Fsp3) is 0.583. The number of hydrogen-bond donors (Lipinski definition) is 0. The molecule has 0 atom stereocenters. The maximum absolute atomic E-state index is 6.04. The van der Waals surface area contributed by atoms with Gasteiger partial charge in [-0.25, -0.2) is 0 Å². The Kier molecular flexibility index (Phi) is 7.58. The minimum Gasteiger partial charge on any atom is -0.494 e.